The fourth-order valence-corrected chi connectivity index (χ4v) is 3.70. The third-order valence-corrected chi connectivity index (χ3v) is 4.74. The van der Waals surface area contributed by atoms with E-state index < -0.39 is 5.92 Å². The molecule has 2 aliphatic rings. The number of amides is 2. The maximum absolute atomic E-state index is 13.2. The van der Waals surface area contributed by atoms with Crippen LogP contribution in [0.15, 0.2) is 48.5 Å². The number of para-hydroxylation sites is 2. The summed E-state index contributed by atoms with van der Waals surface area (Å²) in [4.78, 5) is 27.1. The van der Waals surface area contributed by atoms with Gasteiger partial charge in [-0.2, -0.15) is 0 Å². The second kappa shape index (κ2) is 5.23. The smallest absolute Gasteiger partial charge is 0.235 e. The highest BCUT2D eigenvalue weighted by Crippen LogP contribution is 2.38. The van der Waals surface area contributed by atoms with Crippen LogP contribution in [0.5, 0.6) is 0 Å². The highest BCUT2D eigenvalue weighted by Gasteiger charge is 2.38. The number of anilines is 2. The lowest BCUT2D eigenvalue weighted by atomic mass is 9.89. The van der Waals surface area contributed by atoms with E-state index in [-0.39, 0.29) is 24.3 Å². The van der Waals surface area contributed by atoms with Gasteiger partial charge in [-0.1, -0.05) is 36.4 Å². The molecule has 0 saturated carbocycles. The summed E-state index contributed by atoms with van der Waals surface area (Å²) >= 11 is 0. The molecule has 0 aromatic heterocycles. The topological polar surface area (TPSA) is 49.4 Å². The van der Waals surface area contributed by atoms with Crippen LogP contribution < -0.4 is 10.2 Å². The molecule has 4 nitrogen and oxygen atoms in total. The summed E-state index contributed by atoms with van der Waals surface area (Å²) in [5.41, 5.74) is 3.84. The monoisotopic (exact) mass is 306 g/mol. The molecule has 0 radical (unpaired) electrons. The predicted octanol–water partition coefficient (Wildman–Crippen LogP) is 3.09. The number of carbonyl (C=O) groups is 2. The number of fused-ring (bicyclic) bond motifs is 2. The van der Waals surface area contributed by atoms with E-state index in [1.165, 1.54) is 5.56 Å². The van der Waals surface area contributed by atoms with Gasteiger partial charge in [-0.3, -0.25) is 9.59 Å². The van der Waals surface area contributed by atoms with E-state index in [1.54, 1.807) is 0 Å². The molecular weight excluding hydrogens is 288 g/mol. The van der Waals surface area contributed by atoms with Crippen molar-refractivity contribution in [1.29, 1.82) is 0 Å². The molecule has 23 heavy (non-hydrogen) atoms. The van der Waals surface area contributed by atoms with E-state index in [2.05, 4.69) is 18.3 Å². The zero-order chi connectivity index (χ0) is 16.0. The van der Waals surface area contributed by atoms with Gasteiger partial charge in [0.1, 0.15) is 0 Å². The molecule has 116 valence electrons. The van der Waals surface area contributed by atoms with Crippen LogP contribution in [0.1, 0.15) is 30.4 Å². The van der Waals surface area contributed by atoms with Crippen molar-refractivity contribution in [2.45, 2.75) is 31.7 Å². The van der Waals surface area contributed by atoms with E-state index in [0.717, 1.165) is 23.4 Å². The van der Waals surface area contributed by atoms with Crippen molar-refractivity contribution in [3.63, 3.8) is 0 Å². The molecule has 0 spiro atoms. The Bertz CT molecular complexity index is 799. The number of carbonyl (C=O) groups excluding carboxylic acids is 2. The van der Waals surface area contributed by atoms with Crippen LogP contribution in [0, 0.1) is 0 Å². The molecule has 2 amide bonds. The molecule has 2 heterocycles. The van der Waals surface area contributed by atoms with Crippen molar-refractivity contribution in [3.8, 4) is 0 Å². The summed E-state index contributed by atoms with van der Waals surface area (Å²) in [5.74, 6) is -0.486. The molecular formula is C19H18N2O2. The van der Waals surface area contributed by atoms with Crippen molar-refractivity contribution in [2.75, 3.05) is 10.2 Å². The van der Waals surface area contributed by atoms with E-state index >= 15 is 0 Å². The largest absolute Gasteiger partial charge is 0.326 e. The molecule has 0 bridgehead atoms. The number of nitrogens with one attached hydrogen (secondary N) is 1. The van der Waals surface area contributed by atoms with E-state index in [4.69, 9.17) is 0 Å². The van der Waals surface area contributed by atoms with Crippen LogP contribution in [0.25, 0.3) is 0 Å². The Hall–Kier alpha value is -2.62. The first kappa shape index (κ1) is 14.0. The Labute approximate surface area is 135 Å². The SMILES string of the molecule is C[C@@H]1Cc2ccccc2N1C(=O)[C@H]1CC(=O)Nc2ccccc21. The molecule has 0 saturated heterocycles. The van der Waals surface area contributed by atoms with Crippen LogP contribution >= 0.6 is 0 Å². The van der Waals surface area contributed by atoms with Crippen molar-refractivity contribution < 1.29 is 9.59 Å². The fraction of sp³-hybridized carbons (Fsp3) is 0.263. The van der Waals surface area contributed by atoms with Crippen LogP contribution in [0.2, 0.25) is 0 Å². The Kier molecular flexibility index (Phi) is 3.18. The predicted molar refractivity (Wildman–Crippen MR) is 89.5 cm³/mol. The van der Waals surface area contributed by atoms with Gasteiger partial charge >= 0.3 is 0 Å². The molecule has 0 unspecified atom stereocenters. The first-order valence-electron chi connectivity index (χ1n) is 7.95. The number of benzene rings is 2. The standard InChI is InChI=1S/C19H18N2O2/c1-12-10-13-6-2-5-9-17(13)21(12)19(23)15-11-18(22)20-16-8-4-3-7-14(15)16/h2-9,12,15H,10-11H2,1H3,(H,20,22)/t12-,15+/m1/s1. The van der Waals surface area contributed by atoms with Crippen LogP contribution in [-0.4, -0.2) is 17.9 Å². The minimum atomic E-state index is -0.409. The van der Waals surface area contributed by atoms with Crippen LogP contribution in [0.3, 0.4) is 0 Å². The quantitative estimate of drug-likeness (QED) is 0.880. The maximum atomic E-state index is 13.2. The summed E-state index contributed by atoms with van der Waals surface area (Å²) in [6, 6.07) is 15.7. The van der Waals surface area contributed by atoms with Gasteiger partial charge in [-0.15, -0.1) is 0 Å². The Morgan fingerprint density at radius 1 is 1.09 bits per heavy atom. The van der Waals surface area contributed by atoms with Gasteiger partial charge in [0, 0.05) is 23.8 Å². The fourth-order valence-electron chi connectivity index (χ4n) is 3.70. The van der Waals surface area contributed by atoms with E-state index in [9.17, 15) is 9.59 Å². The summed E-state index contributed by atoms with van der Waals surface area (Å²) < 4.78 is 0. The van der Waals surface area contributed by atoms with E-state index in [0.29, 0.717) is 0 Å². The average Bonchev–Trinajstić information content (AvgIpc) is 2.89. The molecule has 4 heteroatoms. The highest BCUT2D eigenvalue weighted by molar-refractivity contribution is 6.07. The van der Waals surface area contributed by atoms with Gasteiger partial charge in [-0.25, -0.2) is 0 Å². The first-order chi connectivity index (χ1) is 11.1. The van der Waals surface area contributed by atoms with Gasteiger partial charge in [0.05, 0.1) is 5.92 Å². The third-order valence-electron chi connectivity index (χ3n) is 4.74. The highest BCUT2D eigenvalue weighted by atomic mass is 16.2. The van der Waals surface area contributed by atoms with E-state index in [1.807, 2.05) is 47.4 Å². The Morgan fingerprint density at radius 2 is 1.83 bits per heavy atom. The minimum Gasteiger partial charge on any atom is -0.326 e. The van der Waals surface area contributed by atoms with Gasteiger partial charge in [0.15, 0.2) is 0 Å². The lowest BCUT2D eigenvalue weighted by molar-refractivity contribution is -0.124. The zero-order valence-corrected chi connectivity index (χ0v) is 13.0. The summed E-state index contributed by atoms with van der Waals surface area (Å²) in [7, 11) is 0. The normalized spacial score (nSPS) is 22.3. The number of hydrogen-bond acceptors (Lipinski definition) is 2. The Morgan fingerprint density at radius 3 is 2.70 bits per heavy atom. The second-order valence-corrected chi connectivity index (χ2v) is 6.28. The second-order valence-electron chi connectivity index (χ2n) is 6.28. The Balaban J connectivity index is 1.74. The maximum Gasteiger partial charge on any atom is 0.235 e. The molecule has 2 aliphatic heterocycles. The van der Waals surface area contributed by atoms with Crippen molar-refractivity contribution in [1.82, 2.24) is 0 Å². The number of rotatable bonds is 1. The number of nitrogens with zero attached hydrogens (tertiary/aromatic N) is 1. The third kappa shape index (κ3) is 2.22. The number of hydrogen-bond donors (Lipinski definition) is 1. The molecule has 1 N–H and O–H groups in total. The average molecular weight is 306 g/mol. The lowest BCUT2D eigenvalue weighted by Gasteiger charge is -2.31. The minimum absolute atomic E-state index is 0.0183. The van der Waals surface area contributed by atoms with Gasteiger partial charge in [-0.05, 0) is 36.6 Å². The molecule has 4 rings (SSSR count). The van der Waals surface area contributed by atoms with Crippen molar-refractivity contribution in [3.05, 3.63) is 59.7 Å². The lowest BCUT2D eigenvalue weighted by Crippen LogP contribution is -2.41. The van der Waals surface area contributed by atoms with Crippen molar-refractivity contribution in [2.24, 2.45) is 0 Å². The van der Waals surface area contributed by atoms with Gasteiger partial charge in [0.2, 0.25) is 11.8 Å². The molecule has 2 aromatic carbocycles. The zero-order valence-electron chi connectivity index (χ0n) is 13.0. The molecule has 2 aromatic rings. The van der Waals surface area contributed by atoms with Crippen LogP contribution in [0.4, 0.5) is 11.4 Å². The summed E-state index contributed by atoms with van der Waals surface area (Å²) in [6.07, 6.45) is 1.07. The summed E-state index contributed by atoms with van der Waals surface area (Å²) in [5, 5.41) is 2.86. The first-order valence-corrected chi connectivity index (χ1v) is 7.95. The van der Waals surface area contributed by atoms with Crippen molar-refractivity contribution >= 4 is 23.2 Å². The van der Waals surface area contributed by atoms with Gasteiger partial charge < -0.3 is 10.2 Å². The molecule has 0 aliphatic carbocycles. The molecule has 2 atom stereocenters. The van der Waals surface area contributed by atoms with Gasteiger partial charge in [0.25, 0.3) is 0 Å². The van der Waals surface area contributed by atoms with Crippen LogP contribution in [-0.2, 0) is 16.0 Å². The molecule has 0 fully saturated rings. The summed E-state index contributed by atoms with van der Waals surface area (Å²) in [6.45, 7) is 2.06.